The summed E-state index contributed by atoms with van der Waals surface area (Å²) in [7, 11) is 1.82. The van der Waals surface area contributed by atoms with Crippen LogP contribution in [-0.2, 0) is 4.79 Å². The van der Waals surface area contributed by atoms with Crippen LogP contribution in [0.1, 0.15) is 31.7 Å². The molecule has 3 atom stereocenters. The molecular formula is C20H26N4O2. The van der Waals surface area contributed by atoms with Gasteiger partial charge in [0, 0.05) is 38.2 Å². The molecule has 1 N–H and O–H groups in total. The summed E-state index contributed by atoms with van der Waals surface area (Å²) >= 11 is 0. The molecule has 4 rings (SSSR count). The van der Waals surface area contributed by atoms with Gasteiger partial charge in [-0.15, -0.1) is 0 Å². The van der Waals surface area contributed by atoms with Gasteiger partial charge in [-0.2, -0.15) is 0 Å². The minimum Gasteiger partial charge on any atom is -0.324 e. The van der Waals surface area contributed by atoms with E-state index >= 15 is 0 Å². The number of likely N-dealkylation sites (N-methyl/N-ethyl adjacent to an activating group) is 1. The number of anilines is 1. The Kier molecular flexibility index (Phi) is 4.01. The van der Waals surface area contributed by atoms with Crippen molar-refractivity contribution >= 4 is 23.5 Å². The standard InChI is InChI=1S/C20H26N4O2/c1-4-17-22-20(18(25)23(17)3)10-9-14-11-24(12-15(14)20)19(26)21-16-8-6-5-7-13(16)2/h5-8,14-15H,4,9-12H2,1-3H3,(H,21,26)/t14-,15+,20-/m1/s1. The molecule has 1 aromatic carbocycles. The van der Waals surface area contributed by atoms with Crippen molar-refractivity contribution in [1.29, 1.82) is 0 Å². The van der Waals surface area contributed by atoms with Crippen LogP contribution >= 0.6 is 0 Å². The van der Waals surface area contributed by atoms with Crippen LogP contribution in [0.15, 0.2) is 29.3 Å². The second-order valence-electron chi connectivity index (χ2n) is 7.73. The van der Waals surface area contributed by atoms with Crippen molar-refractivity contribution in [2.24, 2.45) is 16.8 Å². The molecule has 1 saturated carbocycles. The average Bonchev–Trinajstić information content (AvgIpc) is 3.27. The Morgan fingerprint density at radius 3 is 2.81 bits per heavy atom. The normalized spacial score (nSPS) is 30.1. The predicted octanol–water partition coefficient (Wildman–Crippen LogP) is 2.89. The topological polar surface area (TPSA) is 65.0 Å². The molecule has 1 aliphatic carbocycles. The van der Waals surface area contributed by atoms with E-state index < -0.39 is 5.54 Å². The summed E-state index contributed by atoms with van der Waals surface area (Å²) in [6, 6.07) is 7.70. The number of nitrogens with one attached hydrogen (secondary N) is 1. The summed E-state index contributed by atoms with van der Waals surface area (Å²) in [4.78, 5) is 34.1. The number of benzene rings is 1. The Hall–Kier alpha value is -2.37. The smallest absolute Gasteiger partial charge is 0.321 e. The second-order valence-corrected chi connectivity index (χ2v) is 7.73. The van der Waals surface area contributed by atoms with Crippen LogP contribution < -0.4 is 5.32 Å². The summed E-state index contributed by atoms with van der Waals surface area (Å²) in [6.45, 7) is 5.32. The zero-order chi connectivity index (χ0) is 18.5. The summed E-state index contributed by atoms with van der Waals surface area (Å²) in [5, 5.41) is 3.02. The van der Waals surface area contributed by atoms with Gasteiger partial charge in [0.15, 0.2) is 0 Å². The van der Waals surface area contributed by atoms with Gasteiger partial charge in [-0.05, 0) is 37.3 Å². The fraction of sp³-hybridized carbons (Fsp3) is 0.550. The molecule has 1 saturated heterocycles. The van der Waals surface area contributed by atoms with E-state index in [9.17, 15) is 9.59 Å². The van der Waals surface area contributed by atoms with E-state index in [0.717, 1.165) is 36.3 Å². The van der Waals surface area contributed by atoms with Crippen molar-refractivity contribution in [3.8, 4) is 0 Å². The summed E-state index contributed by atoms with van der Waals surface area (Å²) in [5.41, 5.74) is 1.25. The first-order valence-electron chi connectivity index (χ1n) is 9.44. The number of fused-ring (bicyclic) bond motifs is 2. The van der Waals surface area contributed by atoms with Gasteiger partial charge in [0.05, 0.1) is 0 Å². The molecule has 0 bridgehead atoms. The van der Waals surface area contributed by atoms with E-state index in [0.29, 0.717) is 19.0 Å². The first-order valence-corrected chi connectivity index (χ1v) is 9.44. The van der Waals surface area contributed by atoms with E-state index in [-0.39, 0.29) is 17.9 Å². The Morgan fingerprint density at radius 2 is 2.12 bits per heavy atom. The Labute approximate surface area is 154 Å². The monoisotopic (exact) mass is 354 g/mol. The highest BCUT2D eigenvalue weighted by molar-refractivity contribution is 6.08. The summed E-state index contributed by atoms with van der Waals surface area (Å²) < 4.78 is 0. The van der Waals surface area contributed by atoms with Crippen LogP contribution in [0, 0.1) is 18.8 Å². The van der Waals surface area contributed by atoms with Crippen LogP contribution in [0.5, 0.6) is 0 Å². The molecule has 0 unspecified atom stereocenters. The molecule has 2 heterocycles. The van der Waals surface area contributed by atoms with Gasteiger partial charge in [0.1, 0.15) is 11.4 Å². The Bertz CT molecular complexity index is 790. The molecule has 6 heteroatoms. The number of likely N-dealkylation sites (tertiary alicyclic amines) is 1. The van der Waals surface area contributed by atoms with Crippen molar-refractivity contribution in [2.75, 3.05) is 25.5 Å². The Morgan fingerprint density at radius 1 is 1.35 bits per heavy atom. The molecule has 6 nitrogen and oxygen atoms in total. The van der Waals surface area contributed by atoms with E-state index in [2.05, 4.69) is 5.32 Å². The van der Waals surface area contributed by atoms with Gasteiger partial charge in [0.25, 0.3) is 5.91 Å². The molecule has 1 spiro atoms. The van der Waals surface area contributed by atoms with Gasteiger partial charge in [0.2, 0.25) is 0 Å². The van der Waals surface area contributed by atoms with Gasteiger partial charge < -0.3 is 15.1 Å². The fourth-order valence-corrected chi connectivity index (χ4v) is 4.85. The highest BCUT2D eigenvalue weighted by atomic mass is 16.2. The van der Waals surface area contributed by atoms with Crippen molar-refractivity contribution in [1.82, 2.24) is 9.80 Å². The number of amides is 3. The number of rotatable bonds is 2. The van der Waals surface area contributed by atoms with Gasteiger partial charge in [-0.1, -0.05) is 25.1 Å². The number of carbonyl (C=O) groups excluding carboxylic acids is 2. The first kappa shape index (κ1) is 17.1. The van der Waals surface area contributed by atoms with Crippen LogP contribution in [0.2, 0.25) is 0 Å². The Balaban J connectivity index is 1.52. The third-order valence-corrected chi connectivity index (χ3v) is 6.33. The van der Waals surface area contributed by atoms with Crippen LogP contribution in [0.25, 0.3) is 0 Å². The average molecular weight is 354 g/mol. The second kappa shape index (κ2) is 6.11. The predicted molar refractivity (Wildman–Crippen MR) is 101 cm³/mol. The number of para-hydroxylation sites is 1. The number of hydrogen-bond donors (Lipinski definition) is 1. The van der Waals surface area contributed by atoms with Crippen LogP contribution in [-0.4, -0.2) is 53.2 Å². The maximum Gasteiger partial charge on any atom is 0.321 e. The third kappa shape index (κ3) is 2.42. The van der Waals surface area contributed by atoms with Crippen molar-refractivity contribution in [3.05, 3.63) is 29.8 Å². The molecule has 2 fully saturated rings. The van der Waals surface area contributed by atoms with Crippen molar-refractivity contribution < 1.29 is 9.59 Å². The molecule has 0 aromatic heterocycles. The zero-order valence-corrected chi connectivity index (χ0v) is 15.7. The summed E-state index contributed by atoms with van der Waals surface area (Å²) in [5.74, 6) is 1.47. The highest BCUT2D eigenvalue weighted by Crippen LogP contribution is 2.50. The number of nitrogens with zero attached hydrogens (tertiary/aromatic N) is 3. The van der Waals surface area contributed by atoms with E-state index in [1.165, 1.54) is 0 Å². The van der Waals surface area contributed by atoms with Gasteiger partial charge in [-0.3, -0.25) is 9.79 Å². The first-order chi connectivity index (χ1) is 12.5. The molecule has 2 aliphatic heterocycles. The lowest BCUT2D eigenvalue weighted by atomic mass is 9.85. The number of aryl methyl sites for hydroxylation is 1. The summed E-state index contributed by atoms with van der Waals surface area (Å²) in [6.07, 6.45) is 2.53. The quantitative estimate of drug-likeness (QED) is 0.887. The van der Waals surface area contributed by atoms with Crippen molar-refractivity contribution in [2.45, 2.75) is 38.6 Å². The SMILES string of the molecule is CCC1=N[C@@]2(CC[C@@H]3CN(C(=O)Nc4ccccc4C)C[C@@H]32)C(=O)N1C. The van der Waals surface area contributed by atoms with Crippen molar-refractivity contribution in [3.63, 3.8) is 0 Å². The van der Waals surface area contributed by atoms with E-state index in [1.54, 1.807) is 4.90 Å². The molecule has 3 aliphatic rings. The molecule has 0 radical (unpaired) electrons. The molecule has 26 heavy (non-hydrogen) atoms. The molecule has 3 amide bonds. The number of urea groups is 1. The van der Waals surface area contributed by atoms with E-state index in [4.69, 9.17) is 4.99 Å². The van der Waals surface area contributed by atoms with Crippen LogP contribution in [0.3, 0.4) is 0 Å². The lowest BCUT2D eigenvalue weighted by Gasteiger charge is -2.27. The fourth-order valence-electron chi connectivity index (χ4n) is 4.85. The largest absolute Gasteiger partial charge is 0.324 e. The number of aliphatic imine (C=N–C) groups is 1. The molecule has 138 valence electrons. The zero-order valence-electron chi connectivity index (χ0n) is 15.7. The third-order valence-electron chi connectivity index (χ3n) is 6.33. The molecule has 1 aromatic rings. The number of hydrogen-bond acceptors (Lipinski definition) is 3. The highest BCUT2D eigenvalue weighted by Gasteiger charge is 2.60. The number of amidine groups is 1. The van der Waals surface area contributed by atoms with Gasteiger partial charge in [-0.25, -0.2) is 4.79 Å². The minimum atomic E-state index is -0.636. The van der Waals surface area contributed by atoms with Gasteiger partial charge >= 0.3 is 6.03 Å². The van der Waals surface area contributed by atoms with E-state index in [1.807, 2.05) is 50.1 Å². The maximum absolute atomic E-state index is 12.9. The lowest BCUT2D eigenvalue weighted by Crippen LogP contribution is -2.46. The molecular weight excluding hydrogens is 328 g/mol. The maximum atomic E-state index is 12.9. The lowest BCUT2D eigenvalue weighted by molar-refractivity contribution is -0.131. The number of carbonyl (C=O) groups is 2. The van der Waals surface area contributed by atoms with Crippen LogP contribution in [0.4, 0.5) is 10.5 Å². The minimum absolute atomic E-state index is 0.0812.